The number of rotatable bonds is 4. The molecule has 1 aromatic heterocycles. The molecule has 128 valence electrons. The van der Waals surface area contributed by atoms with Gasteiger partial charge in [-0.05, 0) is 43.2 Å². The summed E-state index contributed by atoms with van der Waals surface area (Å²) in [6.45, 7) is 0. The molecule has 0 unspecified atom stereocenters. The quantitative estimate of drug-likeness (QED) is 0.893. The topological polar surface area (TPSA) is 99.9 Å². The summed E-state index contributed by atoms with van der Waals surface area (Å²) in [5.41, 5.74) is 0.790. The monoisotopic (exact) mass is 337 g/mol. The lowest BCUT2D eigenvalue weighted by Gasteiger charge is -2.29. The third-order valence-corrected chi connectivity index (χ3v) is 4.40. The van der Waals surface area contributed by atoms with Crippen LogP contribution in [0, 0.1) is 11.3 Å². The van der Waals surface area contributed by atoms with Crippen LogP contribution in [-0.2, 0) is 5.54 Å². The lowest BCUT2D eigenvalue weighted by molar-refractivity contribution is 0.235. The molecule has 2 aromatic rings. The summed E-state index contributed by atoms with van der Waals surface area (Å²) in [5.74, 6) is 0.837. The summed E-state index contributed by atoms with van der Waals surface area (Å²) in [7, 11) is 1.59. The van der Waals surface area contributed by atoms with Gasteiger partial charge in [0.25, 0.3) is 0 Å². The second kappa shape index (κ2) is 7.18. The highest BCUT2D eigenvalue weighted by Crippen LogP contribution is 2.37. The molecular weight excluding hydrogens is 318 g/mol. The molecule has 7 nitrogen and oxygen atoms in total. The van der Waals surface area contributed by atoms with Gasteiger partial charge in [0.15, 0.2) is 0 Å². The van der Waals surface area contributed by atoms with Crippen LogP contribution >= 0.6 is 0 Å². The van der Waals surface area contributed by atoms with Crippen molar-refractivity contribution in [2.45, 2.75) is 31.2 Å². The number of nitrogens with one attached hydrogen (secondary N) is 2. The number of anilines is 1. The van der Waals surface area contributed by atoms with Crippen LogP contribution in [0.4, 0.5) is 10.5 Å². The SMILES string of the molecule is COc1ccc(NC(=O)NC2(c3ccnc(C#N)n3)CCCC2)cc1. The van der Waals surface area contributed by atoms with Crippen LogP contribution in [0.5, 0.6) is 5.75 Å². The molecule has 3 rings (SSSR count). The molecule has 1 aromatic carbocycles. The number of nitrogens with zero attached hydrogens (tertiary/aromatic N) is 3. The van der Waals surface area contributed by atoms with Gasteiger partial charge >= 0.3 is 6.03 Å². The van der Waals surface area contributed by atoms with Crippen LogP contribution in [0.25, 0.3) is 0 Å². The number of amides is 2. The van der Waals surface area contributed by atoms with E-state index in [0.717, 1.165) is 31.4 Å². The Kier molecular flexibility index (Phi) is 4.80. The number of benzene rings is 1. The smallest absolute Gasteiger partial charge is 0.319 e. The fourth-order valence-electron chi connectivity index (χ4n) is 3.16. The second-order valence-electron chi connectivity index (χ2n) is 5.97. The number of hydrogen-bond acceptors (Lipinski definition) is 5. The number of aromatic nitrogens is 2. The van der Waals surface area contributed by atoms with Crippen LogP contribution in [0.3, 0.4) is 0 Å². The second-order valence-corrected chi connectivity index (χ2v) is 5.97. The highest BCUT2D eigenvalue weighted by Gasteiger charge is 2.38. The van der Waals surface area contributed by atoms with Gasteiger partial charge in [-0.25, -0.2) is 14.8 Å². The highest BCUT2D eigenvalue weighted by atomic mass is 16.5. The summed E-state index contributed by atoms with van der Waals surface area (Å²) < 4.78 is 5.11. The zero-order chi connectivity index (χ0) is 17.7. The summed E-state index contributed by atoms with van der Waals surface area (Å²) in [4.78, 5) is 20.7. The van der Waals surface area contributed by atoms with Crippen molar-refractivity contribution in [2.75, 3.05) is 12.4 Å². The molecule has 0 spiro atoms. The van der Waals surface area contributed by atoms with Crippen LogP contribution < -0.4 is 15.4 Å². The van der Waals surface area contributed by atoms with E-state index in [1.54, 1.807) is 43.6 Å². The number of carbonyl (C=O) groups excluding carboxylic acids is 1. The molecule has 0 saturated heterocycles. The number of methoxy groups -OCH3 is 1. The molecule has 1 saturated carbocycles. The van der Waals surface area contributed by atoms with Gasteiger partial charge in [0.05, 0.1) is 18.3 Å². The fraction of sp³-hybridized carbons (Fsp3) is 0.333. The minimum Gasteiger partial charge on any atom is -0.497 e. The van der Waals surface area contributed by atoms with E-state index in [1.165, 1.54) is 0 Å². The molecule has 2 amide bonds. The van der Waals surface area contributed by atoms with E-state index in [2.05, 4.69) is 20.6 Å². The number of hydrogen-bond donors (Lipinski definition) is 2. The van der Waals surface area contributed by atoms with Crippen molar-refractivity contribution in [3.8, 4) is 11.8 Å². The summed E-state index contributed by atoms with van der Waals surface area (Å²) in [6, 6.07) is 10.5. The highest BCUT2D eigenvalue weighted by molar-refractivity contribution is 5.89. The van der Waals surface area contributed by atoms with Gasteiger partial charge in [0.1, 0.15) is 11.8 Å². The Morgan fingerprint density at radius 2 is 1.96 bits per heavy atom. The first-order valence-electron chi connectivity index (χ1n) is 8.12. The molecule has 1 aliphatic carbocycles. The van der Waals surface area contributed by atoms with Gasteiger partial charge < -0.3 is 15.4 Å². The first-order valence-corrected chi connectivity index (χ1v) is 8.12. The predicted octanol–water partition coefficient (Wildman–Crippen LogP) is 2.95. The maximum atomic E-state index is 12.5. The van der Waals surface area contributed by atoms with Gasteiger partial charge in [0.2, 0.25) is 5.82 Å². The van der Waals surface area contributed by atoms with E-state index in [9.17, 15) is 4.79 Å². The lowest BCUT2D eigenvalue weighted by Crippen LogP contribution is -2.46. The molecule has 1 heterocycles. The molecule has 0 atom stereocenters. The summed E-state index contributed by atoms with van der Waals surface area (Å²) >= 11 is 0. The van der Waals surface area contributed by atoms with Crippen molar-refractivity contribution in [2.24, 2.45) is 0 Å². The lowest BCUT2D eigenvalue weighted by atomic mass is 9.93. The Bertz CT molecular complexity index is 792. The van der Waals surface area contributed by atoms with E-state index in [4.69, 9.17) is 10.00 Å². The third kappa shape index (κ3) is 3.69. The van der Waals surface area contributed by atoms with Gasteiger partial charge in [-0.15, -0.1) is 0 Å². The number of urea groups is 1. The van der Waals surface area contributed by atoms with Gasteiger partial charge in [0, 0.05) is 11.9 Å². The normalized spacial score (nSPS) is 15.2. The van der Waals surface area contributed by atoms with Crippen LogP contribution in [0.1, 0.15) is 37.2 Å². The number of ether oxygens (including phenoxy) is 1. The van der Waals surface area contributed by atoms with Crippen molar-refractivity contribution in [1.82, 2.24) is 15.3 Å². The standard InChI is InChI=1S/C18H19N5O2/c1-25-14-6-4-13(5-7-14)21-17(24)23-18(9-2-3-10-18)15-8-11-20-16(12-19)22-15/h4-8,11H,2-3,9-10H2,1H3,(H2,21,23,24). The van der Waals surface area contributed by atoms with E-state index in [1.807, 2.05) is 6.07 Å². The van der Waals surface area contributed by atoms with Crippen molar-refractivity contribution < 1.29 is 9.53 Å². The largest absolute Gasteiger partial charge is 0.497 e. The number of nitriles is 1. The van der Waals surface area contributed by atoms with Crippen molar-refractivity contribution in [3.63, 3.8) is 0 Å². The molecular formula is C18H19N5O2. The zero-order valence-corrected chi connectivity index (χ0v) is 14.0. The molecule has 0 aliphatic heterocycles. The maximum Gasteiger partial charge on any atom is 0.319 e. The molecule has 1 aliphatic rings. The Hall–Kier alpha value is -3.14. The molecule has 7 heteroatoms. The Labute approximate surface area is 146 Å². The van der Waals surface area contributed by atoms with Gasteiger partial charge in [-0.3, -0.25) is 0 Å². The fourth-order valence-corrected chi connectivity index (χ4v) is 3.16. The van der Waals surface area contributed by atoms with E-state index in [-0.39, 0.29) is 11.9 Å². The summed E-state index contributed by atoms with van der Waals surface area (Å²) in [5, 5.41) is 14.9. The maximum absolute atomic E-state index is 12.5. The predicted molar refractivity (Wildman–Crippen MR) is 92.0 cm³/mol. The molecule has 2 N–H and O–H groups in total. The Morgan fingerprint density at radius 3 is 2.60 bits per heavy atom. The minimum atomic E-state index is -0.564. The van der Waals surface area contributed by atoms with Crippen LogP contribution in [0.2, 0.25) is 0 Å². The minimum absolute atomic E-state index is 0.112. The van der Waals surface area contributed by atoms with E-state index >= 15 is 0 Å². The number of carbonyl (C=O) groups is 1. The van der Waals surface area contributed by atoms with E-state index < -0.39 is 5.54 Å². The third-order valence-electron chi connectivity index (χ3n) is 4.40. The first kappa shape index (κ1) is 16.7. The Morgan fingerprint density at radius 1 is 1.24 bits per heavy atom. The first-order chi connectivity index (χ1) is 12.1. The van der Waals surface area contributed by atoms with Crippen LogP contribution in [-0.4, -0.2) is 23.1 Å². The van der Waals surface area contributed by atoms with E-state index in [0.29, 0.717) is 11.4 Å². The Balaban J connectivity index is 1.76. The van der Waals surface area contributed by atoms with Crippen LogP contribution in [0.15, 0.2) is 36.5 Å². The van der Waals surface area contributed by atoms with Crippen molar-refractivity contribution in [3.05, 3.63) is 48.0 Å². The van der Waals surface area contributed by atoms with Gasteiger partial charge in [-0.1, -0.05) is 12.8 Å². The molecule has 1 fully saturated rings. The molecule has 0 bridgehead atoms. The average molecular weight is 337 g/mol. The average Bonchev–Trinajstić information content (AvgIpc) is 3.12. The van der Waals surface area contributed by atoms with Crippen molar-refractivity contribution in [1.29, 1.82) is 5.26 Å². The summed E-state index contributed by atoms with van der Waals surface area (Å²) in [6.07, 6.45) is 5.11. The molecule has 25 heavy (non-hydrogen) atoms. The molecule has 0 radical (unpaired) electrons. The van der Waals surface area contributed by atoms with Crippen molar-refractivity contribution >= 4 is 11.7 Å². The van der Waals surface area contributed by atoms with Gasteiger partial charge in [-0.2, -0.15) is 5.26 Å². The zero-order valence-electron chi connectivity index (χ0n) is 14.0.